The number of nitrogens with one attached hydrogen (secondary N) is 2. The number of rotatable bonds is 5. The molecule has 3 rings (SSSR count). The number of alkyl halides is 3. The second kappa shape index (κ2) is 9.98. The average Bonchev–Trinajstić information content (AvgIpc) is 2.72. The largest absolute Gasteiger partial charge is 0.497 e. The first-order valence-electron chi connectivity index (χ1n) is 9.20. The van der Waals surface area contributed by atoms with Crippen LogP contribution in [0.15, 0.2) is 48.5 Å². The van der Waals surface area contributed by atoms with Gasteiger partial charge in [-0.2, -0.15) is 13.2 Å². The van der Waals surface area contributed by atoms with E-state index in [0.717, 1.165) is 43.6 Å². The van der Waals surface area contributed by atoms with Crippen LogP contribution in [0, 0.1) is 5.92 Å². The van der Waals surface area contributed by atoms with Crippen LogP contribution in [0.25, 0.3) is 0 Å². The molecule has 8 heteroatoms. The molecule has 1 aliphatic heterocycles. The molecule has 0 bridgehead atoms. The molecule has 1 unspecified atom stereocenters. The van der Waals surface area contributed by atoms with Crippen LogP contribution >= 0.6 is 12.4 Å². The Balaban J connectivity index is 0.00000300. The highest BCUT2D eigenvalue weighted by atomic mass is 35.5. The van der Waals surface area contributed by atoms with Crippen molar-refractivity contribution in [2.24, 2.45) is 5.92 Å². The van der Waals surface area contributed by atoms with Gasteiger partial charge in [-0.3, -0.25) is 4.79 Å². The topological polar surface area (TPSA) is 50.4 Å². The molecule has 158 valence electrons. The second-order valence-corrected chi connectivity index (χ2v) is 6.86. The average molecular weight is 429 g/mol. The van der Waals surface area contributed by atoms with Gasteiger partial charge in [-0.05, 0) is 61.3 Å². The number of hydrogen-bond acceptors (Lipinski definition) is 3. The first-order chi connectivity index (χ1) is 13.4. The van der Waals surface area contributed by atoms with Gasteiger partial charge in [0.25, 0.3) is 0 Å². The molecule has 1 amide bonds. The van der Waals surface area contributed by atoms with Crippen LogP contribution in [0.3, 0.4) is 0 Å². The van der Waals surface area contributed by atoms with Crippen molar-refractivity contribution in [3.8, 4) is 5.75 Å². The standard InChI is InChI=1S/C21H23F3N2O2.ClH/c1-28-18-8-4-15(5-9-18)19(26-20(27)16-10-12-25-13-11-16)14-2-6-17(7-3-14)21(22,23)24;/h2-9,16,19,25H,10-13H2,1H3,(H,26,27);1H. The van der Waals surface area contributed by atoms with Gasteiger partial charge >= 0.3 is 6.18 Å². The Labute approximate surface area is 174 Å². The smallest absolute Gasteiger partial charge is 0.416 e. The third-order valence-corrected chi connectivity index (χ3v) is 5.02. The van der Waals surface area contributed by atoms with Crippen molar-refractivity contribution in [1.82, 2.24) is 10.6 Å². The van der Waals surface area contributed by atoms with E-state index >= 15 is 0 Å². The summed E-state index contributed by atoms with van der Waals surface area (Å²) in [4.78, 5) is 12.8. The summed E-state index contributed by atoms with van der Waals surface area (Å²) >= 11 is 0. The molecule has 2 N–H and O–H groups in total. The molecule has 2 aromatic rings. The molecule has 4 nitrogen and oxygen atoms in total. The van der Waals surface area contributed by atoms with E-state index < -0.39 is 17.8 Å². The lowest BCUT2D eigenvalue weighted by atomic mass is 9.93. The Morgan fingerprint density at radius 1 is 1.03 bits per heavy atom. The number of methoxy groups -OCH3 is 1. The summed E-state index contributed by atoms with van der Waals surface area (Å²) in [5.74, 6) is 0.485. The lowest BCUT2D eigenvalue weighted by molar-refractivity contribution is -0.137. The monoisotopic (exact) mass is 428 g/mol. The zero-order chi connectivity index (χ0) is 20.1. The Morgan fingerprint density at radius 2 is 1.55 bits per heavy atom. The number of carbonyl (C=O) groups excluding carboxylic acids is 1. The van der Waals surface area contributed by atoms with Crippen LogP contribution in [0.4, 0.5) is 13.2 Å². The highest BCUT2D eigenvalue weighted by Crippen LogP contribution is 2.31. The summed E-state index contributed by atoms with van der Waals surface area (Å²) in [5.41, 5.74) is 0.665. The van der Waals surface area contributed by atoms with Crippen molar-refractivity contribution in [2.75, 3.05) is 20.2 Å². The van der Waals surface area contributed by atoms with Crippen molar-refractivity contribution < 1.29 is 22.7 Å². The van der Waals surface area contributed by atoms with Crippen LogP contribution in [0.1, 0.15) is 35.6 Å². The summed E-state index contributed by atoms with van der Waals surface area (Å²) in [6.45, 7) is 1.57. The van der Waals surface area contributed by atoms with Crippen LogP contribution < -0.4 is 15.4 Å². The third-order valence-electron chi connectivity index (χ3n) is 5.02. The molecule has 0 saturated carbocycles. The first-order valence-corrected chi connectivity index (χ1v) is 9.20. The normalized spacial score (nSPS) is 15.9. The Morgan fingerprint density at radius 3 is 2.03 bits per heavy atom. The third kappa shape index (κ3) is 5.87. The Kier molecular flexibility index (Phi) is 7.93. The van der Waals surface area contributed by atoms with Gasteiger partial charge in [0.2, 0.25) is 5.91 Å². The number of piperidine rings is 1. The molecule has 0 aliphatic carbocycles. The number of carbonyl (C=O) groups is 1. The zero-order valence-electron chi connectivity index (χ0n) is 16.0. The predicted molar refractivity (Wildman–Crippen MR) is 107 cm³/mol. The fourth-order valence-electron chi connectivity index (χ4n) is 3.36. The predicted octanol–water partition coefficient (Wildman–Crippen LogP) is 4.34. The van der Waals surface area contributed by atoms with E-state index in [2.05, 4.69) is 10.6 Å². The summed E-state index contributed by atoms with van der Waals surface area (Å²) in [6.07, 6.45) is -2.91. The van der Waals surface area contributed by atoms with Crippen LogP contribution in [-0.4, -0.2) is 26.1 Å². The van der Waals surface area contributed by atoms with E-state index in [9.17, 15) is 18.0 Å². The first kappa shape index (κ1) is 23.0. The van der Waals surface area contributed by atoms with Gasteiger partial charge in [0.1, 0.15) is 5.75 Å². The van der Waals surface area contributed by atoms with Crippen molar-refractivity contribution in [3.05, 3.63) is 65.2 Å². The van der Waals surface area contributed by atoms with Gasteiger partial charge in [-0.25, -0.2) is 0 Å². The van der Waals surface area contributed by atoms with Crippen molar-refractivity contribution in [1.29, 1.82) is 0 Å². The van der Waals surface area contributed by atoms with E-state index in [4.69, 9.17) is 4.74 Å². The molecule has 0 radical (unpaired) electrons. The molecule has 1 atom stereocenters. The van der Waals surface area contributed by atoms with E-state index in [0.29, 0.717) is 11.3 Å². The minimum atomic E-state index is -4.40. The van der Waals surface area contributed by atoms with Gasteiger partial charge in [-0.15, -0.1) is 12.4 Å². The van der Waals surface area contributed by atoms with E-state index in [1.165, 1.54) is 12.1 Å². The van der Waals surface area contributed by atoms with Gasteiger partial charge in [0.05, 0.1) is 18.7 Å². The molecule has 29 heavy (non-hydrogen) atoms. The van der Waals surface area contributed by atoms with Gasteiger partial charge in [0, 0.05) is 5.92 Å². The molecule has 1 fully saturated rings. The number of hydrogen-bond donors (Lipinski definition) is 2. The lowest BCUT2D eigenvalue weighted by Gasteiger charge is -2.26. The van der Waals surface area contributed by atoms with Crippen molar-refractivity contribution in [3.63, 3.8) is 0 Å². The van der Waals surface area contributed by atoms with Gasteiger partial charge in [0.15, 0.2) is 0 Å². The van der Waals surface area contributed by atoms with Gasteiger partial charge < -0.3 is 15.4 Å². The van der Waals surface area contributed by atoms with Crippen LogP contribution in [0.2, 0.25) is 0 Å². The molecule has 1 heterocycles. The second-order valence-electron chi connectivity index (χ2n) is 6.86. The zero-order valence-corrected chi connectivity index (χ0v) is 16.8. The van der Waals surface area contributed by atoms with Gasteiger partial charge in [-0.1, -0.05) is 24.3 Å². The van der Waals surface area contributed by atoms with E-state index in [1.54, 1.807) is 19.2 Å². The molecule has 0 spiro atoms. The van der Waals surface area contributed by atoms with Crippen LogP contribution in [0.5, 0.6) is 5.75 Å². The lowest BCUT2D eigenvalue weighted by Crippen LogP contribution is -2.40. The molecule has 1 saturated heterocycles. The molecule has 2 aromatic carbocycles. The SMILES string of the molecule is COc1ccc(C(NC(=O)C2CCNCC2)c2ccc(C(F)(F)F)cc2)cc1.Cl. The fourth-order valence-corrected chi connectivity index (χ4v) is 3.36. The number of benzene rings is 2. The maximum atomic E-state index is 12.9. The maximum Gasteiger partial charge on any atom is 0.416 e. The maximum absolute atomic E-state index is 12.9. The highest BCUT2D eigenvalue weighted by molar-refractivity contribution is 5.85. The molecule has 1 aliphatic rings. The number of halogens is 4. The minimum absolute atomic E-state index is 0. The van der Waals surface area contributed by atoms with Crippen molar-refractivity contribution in [2.45, 2.75) is 25.1 Å². The van der Waals surface area contributed by atoms with Crippen LogP contribution in [-0.2, 0) is 11.0 Å². The minimum Gasteiger partial charge on any atom is -0.497 e. The van der Waals surface area contributed by atoms with E-state index in [-0.39, 0.29) is 24.2 Å². The summed E-state index contributed by atoms with van der Waals surface area (Å²) in [5, 5.41) is 6.25. The Bertz CT molecular complexity index is 789. The molecular weight excluding hydrogens is 405 g/mol. The Hall–Kier alpha value is -2.25. The summed E-state index contributed by atoms with van der Waals surface area (Å²) in [6, 6.07) is 11.5. The summed E-state index contributed by atoms with van der Waals surface area (Å²) in [7, 11) is 1.56. The number of ether oxygens (including phenoxy) is 1. The quantitative estimate of drug-likeness (QED) is 0.744. The number of amides is 1. The fraction of sp³-hybridized carbons (Fsp3) is 0.381. The molecule has 0 aromatic heterocycles. The highest BCUT2D eigenvalue weighted by Gasteiger charge is 2.31. The van der Waals surface area contributed by atoms with E-state index in [1.807, 2.05) is 12.1 Å². The van der Waals surface area contributed by atoms with Crippen molar-refractivity contribution >= 4 is 18.3 Å². The molecular formula is C21H24ClF3N2O2. The summed E-state index contributed by atoms with van der Waals surface area (Å²) < 4.78 is 43.8.